The number of methoxy groups -OCH3 is 1. The van der Waals surface area contributed by atoms with Crippen molar-refractivity contribution in [2.45, 2.75) is 26.4 Å². The van der Waals surface area contributed by atoms with Crippen LogP contribution >= 0.6 is 11.6 Å². The second-order valence-corrected chi connectivity index (χ2v) is 5.39. The van der Waals surface area contributed by atoms with Crippen molar-refractivity contribution in [3.05, 3.63) is 64.2 Å². The molecule has 0 aliphatic carbocycles. The highest BCUT2D eigenvalue weighted by atomic mass is 35.5. The lowest BCUT2D eigenvalue weighted by atomic mass is 10.1. The molecule has 2 rings (SSSR count). The number of hydrogen-bond donors (Lipinski definition) is 1. The van der Waals surface area contributed by atoms with Crippen LogP contribution in [0.4, 0.5) is 0 Å². The van der Waals surface area contributed by atoms with Gasteiger partial charge in [-0.25, -0.2) is 0 Å². The van der Waals surface area contributed by atoms with Crippen LogP contribution < -0.4 is 10.1 Å². The van der Waals surface area contributed by atoms with Gasteiger partial charge in [-0.3, -0.25) is 0 Å². The van der Waals surface area contributed by atoms with Crippen LogP contribution in [0.3, 0.4) is 0 Å². The van der Waals surface area contributed by atoms with E-state index in [-0.39, 0.29) is 0 Å². The van der Waals surface area contributed by atoms with Gasteiger partial charge in [0.05, 0.1) is 12.1 Å². The van der Waals surface area contributed by atoms with Gasteiger partial charge in [0.2, 0.25) is 0 Å². The Morgan fingerprint density at radius 2 is 1.85 bits per heavy atom. The molecule has 0 aromatic heterocycles. The minimum absolute atomic E-state index is 0.302. The third-order valence-electron chi connectivity index (χ3n) is 3.41. The number of nitrogens with one attached hydrogen (secondary N) is 1. The SMILES string of the molecule is COc1ccc(CN[C@@H](C)c2ccc(C)cc2)cc1Cl. The Labute approximate surface area is 125 Å². The van der Waals surface area contributed by atoms with Crippen molar-refractivity contribution in [1.29, 1.82) is 0 Å². The predicted octanol–water partition coefficient (Wildman–Crippen LogP) is 4.51. The molecule has 0 heterocycles. The molecule has 0 fully saturated rings. The second kappa shape index (κ2) is 6.78. The maximum atomic E-state index is 6.13. The first-order valence-corrected chi connectivity index (χ1v) is 7.10. The zero-order valence-electron chi connectivity index (χ0n) is 12.1. The predicted molar refractivity (Wildman–Crippen MR) is 84.4 cm³/mol. The van der Waals surface area contributed by atoms with E-state index < -0.39 is 0 Å². The van der Waals surface area contributed by atoms with Gasteiger partial charge in [-0.15, -0.1) is 0 Å². The first kappa shape index (κ1) is 14.9. The summed E-state index contributed by atoms with van der Waals surface area (Å²) in [6.45, 7) is 5.04. The Hall–Kier alpha value is -1.51. The van der Waals surface area contributed by atoms with Crippen LogP contribution in [-0.4, -0.2) is 7.11 Å². The van der Waals surface area contributed by atoms with Crippen LogP contribution in [0.5, 0.6) is 5.75 Å². The molecule has 0 saturated carbocycles. The molecule has 0 spiro atoms. The third-order valence-corrected chi connectivity index (χ3v) is 3.70. The smallest absolute Gasteiger partial charge is 0.137 e. The number of rotatable bonds is 5. The summed E-state index contributed by atoms with van der Waals surface area (Å²) in [6, 6.07) is 14.8. The number of ether oxygens (including phenoxy) is 1. The molecule has 0 saturated heterocycles. The summed E-state index contributed by atoms with van der Waals surface area (Å²) < 4.78 is 5.15. The first-order valence-electron chi connectivity index (χ1n) is 6.72. The molecule has 106 valence electrons. The number of hydrogen-bond acceptors (Lipinski definition) is 2. The summed E-state index contributed by atoms with van der Waals surface area (Å²) in [5, 5.41) is 4.15. The zero-order chi connectivity index (χ0) is 14.5. The van der Waals surface area contributed by atoms with Gasteiger partial charge >= 0.3 is 0 Å². The van der Waals surface area contributed by atoms with Gasteiger partial charge < -0.3 is 10.1 Å². The molecule has 2 nitrogen and oxygen atoms in total. The molecule has 0 amide bonds. The lowest BCUT2D eigenvalue weighted by Gasteiger charge is -2.15. The normalized spacial score (nSPS) is 12.2. The van der Waals surface area contributed by atoms with Gasteiger partial charge in [0.25, 0.3) is 0 Å². The van der Waals surface area contributed by atoms with E-state index in [4.69, 9.17) is 16.3 Å². The largest absolute Gasteiger partial charge is 0.495 e. The average molecular weight is 290 g/mol. The second-order valence-electron chi connectivity index (χ2n) is 4.98. The number of benzene rings is 2. The van der Waals surface area contributed by atoms with Crippen molar-refractivity contribution in [1.82, 2.24) is 5.32 Å². The van der Waals surface area contributed by atoms with Gasteiger partial charge in [0.1, 0.15) is 5.75 Å². The van der Waals surface area contributed by atoms with E-state index in [1.165, 1.54) is 11.1 Å². The average Bonchev–Trinajstić information content (AvgIpc) is 2.45. The number of aryl methyl sites for hydroxylation is 1. The van der Waals surface area contributed by atoms with Crippen molar-refractivity contribution >= 4 is 11.6 Å². The molecule has 20 heavy (non-hydrogen) atoms. The molecule has 1 N–H and O–H groups in total. The maximum Gasteiger partial charge on any atom is 0.137 e. The highest BCUT2D eigenvalue weighted by molar-refractivity contribution is 6.32. The third kappa shape index (κ3) is 3.75. The molecule has 0 bridgehead atoms. The molecule has 2 aromatic rings. The summed E-state index contributed by atoms with van der Waals surface area (Å²) in [4.78, 5) is 0. The minimum Gasteiger partial charge on any atom is -0.495 e. The highest BCUT2D eigenvalue weighted by Gasteiger charge is 2.06. The molecule has 1 atom stereocenters. The quantitative estimate of drug-likeness (QED) is 0.874. The van der Waals surface area contributed by atoms with Crippen molar-refractivity contribution in [3.63, 3.8) is 0 Å². The lowest BCUT2D eigenvalue weighted by molar-refractivity contribution is 0.414. The van der Waals surface area contributed by atoms with Crippen molar-refractivity contribution in [2.75, 3.05) is 7.11 Å². The fourth-order valence-electron chi connectivity index (χ4n) is 2.06. The molecule has 0 radical (unpaired) electrons. The van der Waals surface area contributed by atoms with Crippen molar-refractivity contribution in [2.24, 2.45) is 0 Å². The Balaban J connectivity index is 1.97. The summed E-state index contributed by atoms with van der Waals surface area (Å²) >= 11 is 6.13. The van der Waals surface area contributed by atoms with E-state index in [9.17, 15) is 0 Å². The van der Waals surface area contributed by atoms with E-state index in [1.807, 2.05) is 18.2 Å². The molecule has 2 aromatic carbocycles. The Kier molecular flexibility index (Phi) is 5.05. The van der Waals surface area contributed by atoms with Crippen molar-refractivity contribution in [3.8, 4) is 5.75 Å². The van der Waals surface area contributed by atoms with Crippen LogP contribution in [0, 0.1) is 6.92 Å². The Morgan fingerprint density at radius 1 is 1.15 bits per heavy atom. The standard InChI is InChI=1S/C17H20ClNO/c1-12-4-7-15(8-5-12)13(2)19-11-14-6-9-17(20-3)16(18)10-14/h4-10,13,19H,11H2,1-3H3/t13-/m0/s1. The summed E-state index contributed by atoms with van der Waals surface area (Å²) in [5.41, 5.74) is 3.72. The Morgan fingerprint density at radius 3 is 2.45 bits per heavy atom. The fraction of sp³-hybridized carbons (Fsp3) is 0.294. The van der Waals surface area contributed by atoms with Gasteiger partial charge in [-0.2, -0.15) is 0 Å². The summed E-state index contributed by atoms with van der Waals surface area (Å²) in [5.74, 6) is 0.710. The lowest BCUT2D eigenvalue weighted by Crippen LogP contribution is -2.18. The Bertz CT molecular complexity index is 566. The van der Waals surface area contributed by atoms with E-state index >= 15 is 0 Å². The summed E-state index contributed by atoms with van der Waals surface area (Å²) in [7, 11) is 1.62. The molecule has 0 aliphatic rings. The first-order chi connectivity index (χ1) is 9.60. The number of halogens is 1. The van der Waals surface area contributed by atoms with E-state index in [0.29, 0.717) is 16.8 Å². The topological polar surface area (TPSA) is 21.3 Å². The molecule has 3 heteroatoms. The monoisotopic (exact) mass is 289 g/mol. The van der Waals surface area contributed by atoms with Crippen LogP contribution in [0.1, 0.15) is 29.7 Å². The van der Waals surface area contributed by atoms with Crippen LogP contribution in [0.15, 0.2) is 42.5 Å². The molecule has 0 unspecified atom stereocenters. The van der Waals surface area contributed by atoms with Crippen LogP contribution in [-0.2, 0) is 6.54 Å². The van der Waals surface area contributed by atoms with Crippen LogP contribution in [0.25, 0.3) is 0 Å². The minimum atomic E-state index is 0.302. The zero-order valence-corrected chi connectivity index (χ0v) is 12.9. The fourth-order valence-corrected chi connectivity index (χ4v) is 2.34. The highest BCUT2D eigenvalue weighted by Crippen LogP contribution is 2.25. The molecular weight excluding hydrogens is 270 g/mol. The van der Waals surface area contributed by atoms with Crippen LogP contribution in [0.2, 0.25) is 5.02 Å². The van der Waals surface area contributed by atoms with Gasteiger partial charge in [-0.05, 0) is 37.1 Å². The molecule has 0 aliphatic heterocycles. The van der Waals surface area contributed by atoms with E-state index in [2.05, 4.69) is 43.4 Å². The van der Waals surface area contributed by atoms with Gasteiger partial charge in [0.15, 0.2) is 0 Å². The summed E-state index contributed by atoms with van der Waals surface area (Å²) in [6.07, 6.45) is 0. The van der Waals surface area contributed by atoms with Crippen molar-refractivity contribution < 1.29 is 4.74 Å². The van der Waals surface area contributed by atoms with Gasteiger partial charge in [0, 0.05) is 12.6 Å². The maximum absolute atomic E-state index is 6.13. The van der Waals surface area contributed by atoms with E-state index in [1.54, 1.807) is 7.11 Å². The van der Waals surface area contributed by atoms with Gasteiger partial charge in [-0.1, -0.05) is 47.5 Å². The van der Waals surface area contributed by atoms with E-state index in [0.717, 1.165) is 12.1 Å². The molecular formula is C17H20ClNO.